The SMILES string of the molecule is CSC(=N[C@H]1C[C@@H]2CO[C@@H](c3ccccc3)O[C@H]2[C@@H]2OC(=S)S[C@@H]21)SC. The number of rotatable bonds is 2. The van der Waals surface area contributed by atoms with Crippen LogP contribution < -0.4 is 0 Å². The maximum atomic E-state index is 6.37. The minimum absolute atomic E-state index is 0.00892. The Labute approximate surface area is 172 Å². The van der Waals surface area contributed by atoms with Gasteiger partial charge in [-0.25, -0.2) is 0 Å². The number of ether oxygens (including phenoxy) is 3. The number of hydrogen-bond acceptors (Lipinski definition) is 8. The first kappa shape index (κ1) is 19.1. The molecule has 0 N–H and O–H groups in total. The van der Waals surface area contributed by atoms with Crippen molar-refractivity contribution in [2.45, 2.75) is 36.2 Å². The predicted molar refractivity (Wildman–Crippen MR) is 115 cm³/mol. The van der Waals surface area contributed by atoms with Crippen LogP contribution in [0.1, 0.15) is 18.3 Å². The van der Waals surface area contributed by atoms with Crippen molar-refractivity contribution in [3.8, 4) is 0 Å². The van der Waals surface area contributed by atoms with Crippen LogP contribution in [-0.4, -0.2) is 51.4 Å². The Morgan fingerprint density at radius 1 is 1.19 bits per heavy atom. The molecule has 4 nitrogen and oxygen atoms in total. The molecule has 0 spiro atoms. The molecule has 1 aromatic carbocycles. The second kappa shape index (κ2) is 8.41. The standard InChI is InChI=1S/C18H21NO3S4/c1-24-17(25-2)19-12-8-11-9-20-16(10-6-4-3-5-7-10)21-13(11)14-15(12)26-18(23)22-14/h3-7,11-16H,8-9H2,1-2H3/t11-,12+,13-,14+,15-,16-/m1/s1. The molecule has 26 heavy (non-hydrogen) atoms. The van der Waals surface area contributed by atoms with Crippen molar-refractivity contribution < 1.29 is 14.2 Å². The molecule has 0 radical (unpaired) electrons. The molecule has 0 unspecified atom stereocenters. The molecule has 2 saturated heterocycles. The Balaban J connectivity index is 1.56. The maximum absolute atomic E-state index is 6.37. The fourth-order valence-electron chi connectivity index (χ4n) is 3.76. The zero-order valence-corrected chi connectivity index (χ0v) is 17.8. The summed E-state index contributed by atoms with van der Waals surface area (Å²) in [6, 6.07) is 10.3. The van der Waals surface area contributed by atoms with Crippen molar-refractivity contribution >= 4 is 56.3 Å². The number of thioether (sulfide) groups is 3. The molecule has 1 aliphatic carbocycles. The number of aliphatic imine (C=N–C) groups is 1. The topological polar surface area (TPSA) is 40.0 Å². The van der Waals surface area contributed by atoms with Crippen LogP contribution in [0.3, 0.4) is 0 Å². The van der Waals surface area contributed by atoms with Crippen molar-refractivity contribution in [2.24, 2.45) is 10.9 Å². The maximum Gasteiger partial charge on any atom is 0.220 e. The first-order valence-electron chi connectivity index (χ1n) is 8.54. The number of benzene rings is 1. The first-order chi connectivity index (χ1) is 12.7. The van der Waals surface area contributed by atoms with E-state index in [-0.39, 0.29) is 35.7 Å². The molecule has 6 atom stereocenters. The van der Waals surface area contributed by atoms with Crippen LogP contribution in [0.2, 0.25) is 0 Å². The van der Waals surface area contributed by atoms with Gasteiger partial charge in [-0.3, -0.25) is 4.99 Å². The summed E-state index contributed by atoms with van der Waals surface area (Å²) in [7, 11) is 0. The average molecular weight is 428 g/mol. The summed E-state index contributed by atoms with van der Waals surface area (Å²) in [5.74, 6) is 0.274. The number of nitrogens with zero attached hydrogens (tertiary/aromatic N) is 1. The van der Waals surface area contributed by atoms with E-state index in [0.717, 1.165) is 16.4 Å². The molecule has 4 rings (SSSR count). The van der Waals surface area contributed by atoms with Gasteiger partial charge in [-0.2, -0.15) is 0 Å². The highest BCUT2D eigenvalue weighted by Crippen LogP contribution is 2.47. The predicted octanol–water partition coefficient (Wildman–Crippen LogP) is 4.36. The van der Waals surface area contributed by atoms with Crippen molar-refractivity contribution in [3.63, 3.8) is 0 Å². The van der Waals surface area contributed by atoms with Crippen LogP contribution in [0.25, 0.3) is 0 Å². The molecular weight excluding hydrogens is 406 g/mol. The second-order valence-electron chi connectivity index (χ2n) is 6.46. The molecule has 140 valence electrons. The highest BCUT2D eigenvalue weighted by molar-refractivity contribution is 8.38. The molecule has 2 heterocycles. The van der Waals surface area contributed by atoms with Crippen LogP contribution >= 0.6 is 47.5 Å². The molecule has 0 amide bonds. The third-order valence-corrected chi connectivity index (χ3v) is 8.37. The molecule has 1 aromatic rings. The van der Waals surface area contributed by atoms with Crippen LogP contribution in [-0.2, 0) is 14.2 Å². The van der Waals surface area contributed by atoms with Crippen molar-refractivity contribution in [3.05, 3.63) is 35.9 Å². The smallest absolute Gasteiger partial charge is 0.220 e. The zero-order chi connectivity index (χ0) is 18.1. The van der Waals surface area contributed by atoms with E-state index in [0.29, 0.717) is 11.0 Å². The van der Waals surface area contributed by atoms with Gasteiger partial charge in [0.15, 0.2) is 6.29 Å². The minimum atomic E-state index is -0.339. The summed E-state index contributed by atoms with van der Waals surface area (Å²) >= 11 is 10.4. The highest BCUT2D eigenvalue weighted by Gasteiger charge is 2.54. The van der Waals surface area contributed by atoms with Gasteiger partial charge in [-0.1, -0.05) is 42.1 Å². The Kier molecular flexibility index (Phi) is 6.17. The molecule has 8 heteroatoms. The van der Waals surface area contributed by atoms with Gasteiger partial charge in [0, 0.05) is 11.5 Å². The van der Waals surface area contributed by atoms with Crippen molar-refractivity contribution in [1.82, 2.24) is 0 Å². The largest absolute Gasteiger partial charge is 0.471 e. The van der Waals surface area contributed by atoms with Crippen LogP contribution in [0.15, 0.2) is 35.3 Å². The minimum Gasteiger partial charge on any atom is -0.471 e. The van der Waals surface area contributed by atoms with Gasteiger partial charge < -0.3 is 14.2 Å². The summed E-state index contributed by atoms with van der Waals surface area (Å²) in [5, 5.41) is 0.215. The van der Waals surface area contributed by atoms with Gasteiger partial charge in [-0.15, -0.1) is 23.5 Å². The summed E-state index contributed by atoms with van der Waals surface area (Å²) in [6.07, 6.45) is 4.67. The fourth-order valence-corrected chi connectivity index (χ4v) is 6.42. The van der Waals surface area contributed by atoms with Crippen LogP contribution in [0.4, 0.5) is 0 Å². The summed E-state index contributed by atoms with van der Waals surface area (Å²) < 4.78 is 20.1. The molecular formula is C18H21NO3S4. The average Bonchev–Trinajstić information content (AvgIpc) is 3.08. The van der Waals surface area contributed by atoms with E-state index in [9.17, 15) is 0 Å². The summed E-state index contributed by atoms with van der Waals surface area (Å²) in [5.41, 5.74) is 1.04. The van der Waals surface area contributed by atoms with Gasteiger partial charge in [0.05, 0.1) is 17.9 Å². The molecule has 0 bridgehead atoms. The summed E-state index contributed by atoms with van der Waals surface area (Å²) in [4.78, 5) is 4.99. The quantitative estimate of drug-likeness (QED) is 0.395. The lowest BCUT2D eigenvalue weighted by Gasteiger charge is -2.45. The van der Waals surface area contributed by atoms with E-state index >= 15 is 0 Å². The van der Waals surface area contributed by atoms with Gasteiger partial charge in [0.2, 0.25) is 4.38 Å². The van der Waals surface area contributed by atoms with E-state index in [4.69, 9.17) is 31.4 Å². The van der Waals surface area contributed by atoms with E-state index in [1.807, 2.05) is 30.3 Å². The zero-order valence-electron chi connectivity index (χ0n) is 14.6. The number of thiocarbonyl (C=S) groups is 1. The number of hydrogen-bond donors (Lipinski definition) is 0. The van der Waals surface area contributed by atoms with Gasteiger partial charge in [0.25, 0.3) is 0 Å². The van der Waals surface area contributed by atoms with Gasteiger partial charge in [-0.05, 0) is 31.2 Å². The van der Waals surface area contributed by atoms with Crippen molar-refractivity contribution in [1.29, 1.82) is 0 Å². The van der Waals surface area contributed by atoms with E-state index in [1.54, 1.807) is 35.3 Å². The van der Waals surface area contributed by atoms with Gasteiger partial charge >= 0.3 is 0 Å². The second-order valence-corrected chi connectivity index (χ2v) is 10.1. The Morgan fingerprint density at radius 3 is 2.69 bits per heavy atom. The van der Waals surface area contributed by atoms with Crippen LogP contribution in [0.5, 0.6) is 0 Å². The highest BCUT2D eigenvalue weighted by atomic mass is 32.2. The lowest BCUT2D eigenvalue weighted by atomic mass is 9.80. The van der Waals surface area contributed by atoms with E-state index in [2.05, 4.69) is 12.5 Å². The summed E-state index contributed by atoms with van der Waals surface area (Å²) in [6.45, 7) is 0.661. The van der Waals surface area contributed by atoms with Crippen molar-refractivity contribution in [2.75, 3.05) is 19.1 Å². The first-order valence-corrected chi connectivity index (χ1v) is 12.3. The normalized spacial score (nSPS) is 36.0. The lowest BCUT2D eigenvalue weighted by molar-refractivity contribution is -0.266. The fraction of sp³-hybridized carbons (Fsp3) is 0.556. The molecule has 3 fully saturated rings. The van der Waals surface area contributed by atoms with Gasteiger partial charge in [0.1, 0.15) is 16.6 Å². The Hall–Kier alpha value is -0.250. The number of fused-ring (bicyclic) bond motifs is 3. The third kappa shape index (κ3) is 3.82. The third-order valence-electron chi connectivity index (χ3n) is 4.93. The van der Waals surface area contributed by atoms with E-state index in [1.165, 1.54) is 0 Å². The monoisotopic (exact) mass is 427 g/mol. The van der Waals surface area contributed by atoms with E-state index < -0.39 is 0 Å². The molecule has 1 saturated carbocycles. The lowest BCUT2D eigenvalue weighted by Crippen LogP contribution is -2.55. The molecule has 3 aliphatic rings. The Morgan fingerprint density at radius 2 is 1.96 bits per heavy atom. The Bertz CT molecular complexity index is 680. The molecule has 0 aromatic heterocycles. The van der Waals surface area contributed by atoms with Crippen LogP contribution in [0, 0.1) is 5.92 Å². The molecule has 2 aliphatic heterocycles.